The van der Waals surface area contributed by atoms with Crippen molar-refractivity contribution in [2.24, 2.45) is 47.3 Å². The van der Waals surface area contributed by atoms with E-state index in [1.54, 1.807) is 52.4 Å². The number of Topliss-reactive ketones (excluding diaryl/α,β-unsaturated/α-hetero) is 3. The van der Waals surface area contributed by atoms with Gasteiger partial charge in [-0.2, -0.15) is 0 Å². The van der Waals surface area contributed by atoms with Crippen LogP contribution in [0, 0.1) is 47.3 Å². The van der Waals surface area contributed by atoms with Crippen LogP contribution < -0.4 is 26.6 Å². The number of nitrogens with zero attached hydrogens (tertiary/aromatic N) is 4. The molecule has 0 bridgehead atoms. The number of thiazole rings is 4. The Labute approximate surface area is 848 Å². The molecule has 4 aromatic carbocycles. The number of nitrogens with one attached hydrogen (secondary N) is 5. The van der Waals surface area contributed by atoms with E-state index in [1.807, 2.05) is 32.0 Å². The first-order valence-corrected chi connectivity index (χ1v) is 55.6. The number of ketones is 7. The number of fused-ring (bicyclic) bond motifs is 4. The van der Waals surface area contributed by atoms with Gasteiger partial charge in [0.2, 0.25) is 29.5 Å². The number of amides is 5. The lowest BCUT2D eigenvalue weighted by molar-refractivity contribution is -0.131. The van der Waals surface area contributed by atoms with Crippen LogP contribution in [-0.4, -0.2) is 121 Å². The second-order valence-corrected chi connectivity index (χ2v) is 45.3. The first-order chi connectivity index (χ1) is 67.2. The Balaban J connectivity index is 0.000000209. The molecule has 8 atom stereocenters. The third-order valence-corrected chi connectivity index (χ3v) is 32.8. The van der Waals surface area contributed by atoms with Gasteiger partial charge in [0.15, 0.2) is 23.1 Å². The molecule has 760 valence electrons. The summed E-state index contributed by atoms with van der Waals surface area (Å²) >= 11 is 6.44. The van der Waals surface area contributed by atoms with Crippen LogP contribution in [0.3, 0.4) is 0 Å². The van der Waals surface area contributed by atoms with E-state index in [0.29, 0.717) is 137 Å². The van der Waals surface area contributed by atoms with Gasteiger partial charge in [-0.15, -0.1) is 45.3 Å². The molecule has 8 aromatic rings. The highest BCUT2D eigenvalue weighted by Gasteiger charge is 2.37. The molecule has 0 unspecified atom stereocenters. The summed E-state index contributed by atoms with van der Waals surface area (Å²) < 4.78 is 4.47. The van der Waals surface area contributed by atoms with E-state index in [1.165, 1.54) is 79.2 Å². The van der Waals surface area contributed by atoms with Crippen LogP contribution in [-0.2, 0) is 83.2 Å². The van der Waals surface area contributed by atoms with E-state index < -0.39 is 23.7 Å². The topological polar surface area (TPSA) is 317 Å². The minimum Gasteiger partial charge on any atom is -0.359 e. The van der Waals surface area contributed by atoms with E-state index in [0.717, 1.165) is 170 Å². The second-order valence-electron chi connectivity index (χ2n) is 40.8. The van der Waals surface area contributed by atoms with Crippen LogP contribution in [0.15, 0.2) is 123 Å². The number of carbonyl (C=O) groups excluding carboxylic acids is 12. The van der Waals surface area contributed by atoms with Crippen molar-refractivity contribution in [3.05, 3.63) is 166 Å². The number of hydrogen-bond acceptors (Lipinski definition) is 20. The van der Waals surface area contributed by atoms with E-state index in [9.17, 15) is 57.5 Å². The quantitative estimate of drug-likeness (QED) is 0.0221. The largest absolute Gasteiger partial charge is 0.359 e. The van der Waals surface area contributed by atoms with Crippen molar-refractivity contribution >= 4 is 156 Å². The van der Waals surface area contributed by atoms with Gasteiger partial charge in [0.1, 0.15) is 17.3 Å². The minimum atomic E-state index is -0.513. The molecule has 140 heavy (non-hydrogen) atoms. The number of aromatic nitrogens is 4. The molecule has 5 amide bonds. The molecular formula is C115H159N9O12S4. The van der Waals surface area contributed by atoms with Crippen LogP contribution >= 0.6 is 45.3 Å². The van der Waals surface area contributed by atoms with Crippen molar-refractivity contribution in [2.75, 3.05) is 7.05 Å². The fourth-order valence-electron chi connectivity index (χ4n) is 20.0. The molecule has 4 heterocycles. The van der Waals surface area contributed by atoms with Gasteiger partial charge in [0.25, 0.3) is 0 Å². The summed E-state index contributed by atoms with van der Waals surface area (Å²) in [5.74, 6) is 1.06. The van der Waals surface area contributed by atoms with Crippen molar-refractivity contribution < 1.29 is 57.5 Å². The van der Waals surface area contributed by atoms with Gasteiger partial charge in [0.05, 0.1) is 84.6 Å². The molecule has 21 nitrogen and oxygen atoms in total. The second kappa shape index (κ2) is 58.9. The highest BCUT2D eigenvalue weighted by molar-refractivity contribution is 7.19. The number of allylic oxidation sites excluding steroid dienone is 4. The van der Waals surface area contributed by atoms with Gasteiger partial charge < -0.3 is 31.4 Å². The first kappa shape index (κ1) is 114. The molecule has 0 saturated heterocycles. The van der Waals surface area contributed by atoms with Gasteiger partial charge in [0, 0.05) is 121 Å². The highest BCUT2D eigenvalue weighted by atomic mass is 32.1. The average molecular weight is 1990 g/mol. The van der Waals surface area contributed by atoms with E-state index in [-0.39, 0.29) is 120 Å². The summed E-state index contributed by atoms with van der Waals surface area (Å²) in [5.41, 5.74) is 8.83. The molecule has 0 spiro atoms. The normalized spacial score (nSPS) is 16.2. The number of rotatable bonds is 51. The monoisotopic (exact) mass is 1990 g/mol. The number of benzene rings is 4. The molecule has 4 saturated carbocycles. The van der Waals surface area contributed by atoms with Gasteiger partial charge >= 0.3 is 0 Å². The highest BCUT2D eigenvalue weighted by Crippen LogP contribution is 2.39. The fraction of sp³-hybridized carbons (Fsp3) is 0.583. The number of carbonyl (C=O) groups is 12. The van der Waals surface area contributed by atoms with Crippen molar-refractivity contribution in [3.8, 4) is 0 Å². The number of hydrogen-bond donors (Lipinski definition) is 5. The lowest BCUT2D eigenvalue weighted by Crippen LogP contribution is -2.45. The summed E-state index contributed by atoms with van der Waals surface area (Å²) in [6.07, 6.45) is 36.4. The molecule has 0 radical (unpaired) electrons. The molecule has 5 N–H and O–H groups in total. The standard InChI is InChI=1S/C30H42N2O3S.C29H40N2O3S.C28H39N3O3S.C28H38N2O3S/c1-5-10-25(34)17-23(19-29-31-27-15-13-22(20(3)4)18-28(27)36-29)30(35)32-26(16-14-24(33)6-2)21-11-8-7-9-12-21;1-5-23(32)13-15-25(20-10-8-7-9-11-20)31-29(34)22(16-24(33)6-2)18-28-30-26-14-12-21(19(3)4)17-27(26)35-28;1-5-22(32)12-14-23(19-9-7-6-8-10-19)31-28(34)21(16-26(33)29-4)17-27-30-24-13-11-20(18(2)3)15-25(24)35-27;1-5-23(32)12-14-24(20-9-7-6-8-10-20)30-28(33)22(15-19(4)31)17-27-29-25-13-11-21(18(2)3)16-26(25)34-27/h6,13,15,18,20-21,23,26H,2,5,7-12,14,16-17,19H2,1,3-4H3,(H,32,35);5,12,14,17,19-20,22,25H,1,6-11,13,15-16,18H2,2-4H3,(H,31,34);5,11,13,15,18-19,21,23H,1,6-10,12,14,16-17H2,2-4H3,(H,29,33)(H,31,34);5,11,13,16,18,20,22,24H,1,6-10,12,14-15,17H2,2-4H3,(H,30,33)/t23-,26+;22-,25+;21-,23+;22-,24+/m0000/s1. The average Bonchev–Trinajstić information content (AvgIpc) is 1.69. The zero-order valence-corrected chi connectivity index (χ0v) is 89.0. The maximum atomic E-state index is 13.6. The summed E-state index contributed by atoms with van der Waals surface area (Å²) in [7, 11) is 1.59. The van der Waals surface area contributed by atoms with Crippen molar-refractivity contribution in [3.63, 3.8) is 0 Å². The smallest absolute Gasteiger partial charge is 0.224 e. The van der Waals surface area contributed by atoms with E-state index in [4.69, 9.17) is 19.9 Å². The summed E-state index contributed by atoms with van der Waals surface area (Å²) in [5, 5.41) is 19.2. The zero-order valence-electron chi connectivity index (χ0n) is 85.7. The Hall–Kier alpha value is -9.56. The van der Waals surface area contributed by atoms with Crippen LogP contribution in [0.5, 0.6) is 0 Å². The predicted molar refractivity (Wildman–Crippen MR) is 574 cm³/mol. The van der Waals surface area contributed by atoms with Crippen molar-refractivity contribution in [2.45, 2.75) is 374 Å². The first-order valence-electron chi connectivity index (χ1n) is 52.3. The van der Waals surface area contributed by atoms with Crippen molar-refractivity contribution in [1.29, 1.82) is 0 Å². The minimum absolute atomic E-state index is 0.000549. The third kappa shape index (κ3) is 37.0. The molecule has 4 fully saturated rings. The van der Waals surface area contributed by atoms with Gasteiger partial charge in [-0.3, -0.25) is 52.7 Å². The van der Waals surface area contributed by atoms with Crippen molar-refractivity contribution in [1.82, 2.24) is 46.5 Å². The molecule has 0 aliphatic heterocycles. The fourth-order valence-corrected chi connectivity index (χ4v) is 24.4. The maximum Gasteiger partial charge on any atom is 0.224 e. The predicted octanol–water partition coefficient (Wildman–Crippen LogP) is 25.0. The van der Waals surface area contributed by atoms with E-state index in [2.05, 4.69) is 163 Å². The Morgan fingerprint density at radius 3 is 0.807 bits per heavy atom. The third-order valence-electron chi connectivity index (χ3n) is 28.7. The Kier molecular flexibility index (Phi) is 48.0. The van der Waals surface area contributed by atoms with Gasteiger partial charge in [-0.05, 0) is 233 Å². The van der Waals surface area contributed by atoms with Gasteiger partial charge in [-0.1, -0.05) is 197 Å². The van der Waals surface area contributed by atoms with Crippen LogP contribution in [0.2, 0.25) is 0 Å². The Morgan fingerprint density at radius 1 is 0.343 bits per heavy atom. The SMILES string of the molecule is C=CC(=O)CC[C@@H](NC(=O)[C@@H](CC(=O)CC)Cc1nc2ccc(C(C)C)cc2s1)C1CCCCC1.C=CC(=O)CC[C@@H](NC(=O)[C@@H](CC(=O)CCC)Cc1nc2ccc(C(C)C)cc2s1)C1CCCCC1.C=CC(=O)CC[C@@H](NC(=O)[C@@H](CC(=O)NC)Cc1nc2ccc(C(C)C)cc2s1)C1CCCCC1.C=CC(=O)CC[C@@H](NC(=O)[C@@H](CC(C)=O)Cc1nc2ccc(C(C)C)cc2s1)C1CCCCC1. The molecular weight excluding hydrogens is 1830 g/mol. The van der Waals surface area contributed by atoms with Crippen LogP contribution in [0.25, 0.3) is 40.9 Å². The molecule has 4 aliphatic rings. The van der Waals surface area contributed by atoms with Crippen LogP contribution in [0.4, 0.5) is 0 Å². The molecule has 25 heteroatoms. The lowest BCUT2D eigenvalue weighted by Gasteiger charge is -2.32. The Bertz CT molecular complexity index is 5310. The maximum absolute atomic E-state index is 13.6. The summed E-state index contributed by atoms with van der Waals surface area (Å²) in [4.78, 5) is 170. The summed E-state index contributed by atoms with van der Waals surface area (Å²) in [6, 6.07) is 25.1. The zero-order chi connectivity index (χ0) is 101. The van der Waals surface area contributed by atoms with Gasteiger partial charge in [-0.25, -0.2) is 19.9 Å². The van der Waals surface area contributed by atoms with E-state index >= 15 is 0 Å². The summed E-state index contributed by atoms with van der Waals surface area (Å²) in [6.45, 7) is 37.0. The molecule has 4 aromatic heterocycles. The van der Waals surface area contributed by atoms with Crippen LogP contribution in [0.1, 0.15) is 367 Å². The molecule has 4 aliphatic carbocycles. The Morgan fingerprint density at radius 2 is 0.586 bits per heavy atom. The lowest BCUT2D eigenvalue weighted by atomic mass is 9.81. The molecule has 12 rings (SSSR count).